The highest BCUT2D eigenvalue weighted by Gasteiger charge is 2.11. The van der Waals surface area contributed by atoms with E-state index in [0.29, 0.717) is 19.2 Å². The number of hydrogen-bond acceptors (Lipinski definition) is 6. The molecule has 0 atom stereocenters. The van der Waals surface area contributed by atoms with Gasteiger partial charge in [-0.1, -0.05) is 0 Å². The summed E-state index contributed by atoms with van der Waals surface area (Å²) in [7, 11) is 0. The molecule has 0 amide bonds. The third kappa shape index (κ3) is 4.43. The molecule has 2 heterocycles. The van der Waals surface area contributed by atoms with Gasteiger partial charge in [-0.05, 0) is 38.4 Å². The van der Waals surface area contributed by atoms with Gasteiger partial charge < -0.3 is 9.47 Å². The summed E-state index contributed by atoms with van der Waals surface area (Å²) in [6.45, 7) is 6.69. The Morgan fingerprint density at radius 1 is 1.20 bits per heavy atom. The van der Waals surface area contributed by atoms with E-state index in [1.165, 1.54) is 4.68 Å². The van der Waals surface area contributed by atoms with Crippen molar-refractivity contribution in [2.45, 2.75) is 26.4 Å². The molecule has 0 aromatic carbocycles. The molecule has 0 radical (unpaired) electrons. The van der Waals surface area contributed by atoms with E-state index in [0.717, 1.165) is 0 Å². The first-order valence-electron chi connectivity index (χ1n) is 6.12. The monoisotopic (exact) mass is 297 g/mol. The topological polar surface area (TPSA) is 75.0 Å². The van der Waals surface area contributed by atoms with Crippen molar-refractivity contribution in [3.8, 4) is 12.0 Å². The molecule has 0 unspecified atom stereocenters. The molecule has 0 aliphatic carbocycles. The quantitative estimate of drug-likeness (QED) is 0.785. The van der Waals surface area contributed by atoms with Gasteiger partial charge >= 0.3 is 6.01 Å². The molecule has 7 nitrogen and oxygen atoms in total. The highest BCUT2D eigenvalue weighted by atomic mass is 35.5. The molecular weight excluding hydrogens is 282 g/mol. The summed E-state index contributed by atoms with van der Waals surface area (Å²) in [6, 6.07) is 1.91. The van der Waals surface area contributed by atoms with Crippen molar-refractivity contribution in [3.63, 3.8) is 0 Å². The summed E-state index contributed by atoms with van der Waals surface area (Å²) in [4.78, 5) is 12.0. The van der Waals surface area contributed by atoms with Crippen LogP contribution in [0.2, 0.25) is 5.28 Å². The maximum Gasteiger partial charge on any atom is 0.322 e. The molecule has 8 heteroatoms. The molecule has 0 N–H and O–H groups in total. The summed E-state index contributed by atoms with van der Waals surface area (Å²) >= 11 is 5.84. The summed E-state index contributed by atoms with van der Waals surface area (Å²) < 4.78 is 12.4. The lowest BCUT2D eigenvalue weighted by atomic mass is 10.2. The smallest absolute Gasteiger partial charge is 0.322 e. The Bertz CT molecular complexity index is 553. The van der Waals surface area contributed by atoms with Crippen LogP contribution in [-0.4, -0.2) is 43.5 Å². The van der Waals surface area contributed by atoms with Gasteiger partial charge in [0.2, 0.25) is 5.28 Å². The molecule has 0 aliphatic heterocycles. The SMILES string of the molecule is CC(C)(C)OCCOc1nc(Cl)nc(-n2cccn2)n1. The highest BCUT2D eigenvalue weighted by molar-refractivity contribution is 6.28. The zero-order valence-electron chi connectivity index (χ0n) is 11.6. The van der Waals surface area contributed by atoms with Gasteiger partial charge in [0, 0.05) is 12.4 Å². The first kappa shape index (κ1) is 14.7. The second kappa shape index (κ2) is 6.15. The minimum absolute atomic E-state index is 0.0530. The molecule has 0 fully saturated rings. The Morgan fingerprint density at radius 2 is 2.00 bits per heavy atom. The van der Waals surface area contributed by atoms with Crippen LogP contribution in [0.15, 0.2) is 18.5 Å². The summed E-state index contributed by atoms with van der Waals surface area (Å²) in [5.74, 6) is 0.307. The number of aromatic nitrogens is 5. The lowest BCUT2D eigenvalue weighted by Crippen LogP contribution is -2.22. The predicted octanol–water partition coefficient (Wildman–Crippen LogP) is 1.90. The number of rotatable bonds is 5. The first-order valence-corrected chi connectivity index (χ1v) is 6.50. The molecule has 0 saturated carbocycles. The van der Waals surface area contributed by atoms with Crippen molar-refractivity contribution in [3.05, 3.63) is 23.7 Å². The molecular formula is C12H16ClN5O2. The Kier molecular flexibility index (Phi) is 4.51. The van der Waals surface area contributed by atoms with E-state index in [9.17, 15) is 0 Å². The zero-order chi connectivity index (χ0) is 14.6. The number of hydrogen-bond donors (Lipinski definition) is 0. The minimum Gasteiger partial charge on any atom is -0.461 e. The van der Waals surface area contributed by atoms with Crippen LogP contribution in [0, 0.1) is 0 Å². The lowest BCUT2D eigenvalue weighted by Gasteiger charge is -2.19. The van der Waals surface area contributed by atoms with E-state index < -0.39 is 0 Å². The van der Waals surface area contributed by atoms with E-state index in [1.54, 1.807) is 18.5 Å². The third-order valence-corrected chi connectivity index (χ3v) is 2.30. The molecule has 2 aromatic heterocycles. The average molecular weight is 298 g/mol. The summed E-state index contributed by atoms with van der Waals surface area (Å²) in [5, 5.41) is 4.08. The molecule has 2 aromatic rings. The lowest BCUT2D eigenvalue weighted by molar-refractivity contribution is -0.0174. The maximum atomic E-state index is 5.84. The van der Waals surface area contributed by atoms with Crippen molar-refractivity contribution in [2.75, 3.05) is 13.2 Å². The molecule has 20 heavy (non-hydrogen) atoms. The van der Waals surface area contributed by atoms with Crippen LogP contribution >= 0.6 is 11.6 Å². The van der Waals surface area contributed by atoms with Crippen LogP contribution in [0.3, 0.4) is 0 Å². The van der Waals surface area contributed by atoms with Crippen molar-refractivity contribution in [1.82, 2.24) is 24.7 Å². The normalized spacial score (nSPS) is 11.6. The molecule has 2 rings (SSSR count). The maximum absolute atomic E-state index is 5.84. The number of nitrogens with zero attached hydrogens (tertiary/aromatic N) is 5. The predicted molar refractivity (Wildman–Crippen MR) is 73.2 cm³/mol. The van der Waals surface area contributed by atoms with Gasteiger partial charge in [0.15, 0.2) is 0 Å². The van der Waals surface area contributed by atoms with E-state index >= 15 is 0 Å². The van der Waals surface area contributed by atoms with E-state index in [-0.39, 0.29) is 16.9 Å². The molecule has 0 bridgehead atoms. The van der Waals surface area contributed by atoms with Crippen LogP contribution in [-0.2, 0) is 4.74 Å². The summed E-state index contributed by atoms with van der Waals surface area (Å²) in [6.07, 6.45) is 3.33. The summed E-state index contributed by atoms with van der Waals surface area (Å²) in [5.41, 5.74) is -0.208. The van der Waals surface area contributed by atoms with Crippen LogP contribution < -0.4 is 4.74 Å². The van der Waals surface area contributed by atoms with Crippen molar-refractivity contribution >= 4 is 11.6 Å². The Balaban J connectivity index is 1.98. The van der Waals surface area contributed by atoms with E-state index in [2.05, 4.69) is 20.1 Å². The van der Waals surface area contributed by atoms with Gasteiger partial charge in [-0.15, -0.1) is 0 Å². The van der Waals surface area contributed by atoms with Gasteiger partial charge in [-0.3, -0.25) is 0 Å². The Labute approximate surface area is 121 Å². The molecule has 0 spiro atoms. The number of halogens is 1. The van der Waals surface area contributed by atoms with E-state index in [1.807, 2.05) is 20.8 Å². The second-order valence-corrected chi connectivity index (χ2v) is 5.29. The van der Waals surface area contributed by atoms with Gasteiger partial charge in [-0.2, -0.15) is 20.1 Å². The van der Waals surface area contributed by atoms with Crippen molar-refractivity contribution in [1.29, 1.82) is 0 Å². The first-order chi connectivity index (χ1) is 9.44. The fraction of sp³-hybridized carbons (Fsp3) is 0.500. The van der Waals surface area contributed by atoms with Crippen LogP contribution in [0.25, 0.3) is 5.95 Å². The van der Waals surface area contributed by atoms with Crippen molar-refractivity contribution < 1.29 is 9.47 Å². The zero-order valence-corrected chi connectivity index (χ0v) is 12.3. The van der Waals surface area contributed by atoms with Crippen LogP contribution in [0.5, 0.6) is 6.01 Å². The van der Waals surface area contributed by atoms with Gasteiger partial charge in [0.1, 0.15) is 6.61 Å². The fourth-order valence-electron chi connectivity index (χ4n) is 1.36. The minimum atomic E-state index is -0.208. The van der Waals surface area contributed by atoms with Gasteiger partial charge in [-0.25, -0.2) is 4.68 Å². The van der Waals surface area contributed by atoms with Crippen molar-refractivity contribution in [2.24, 2.45) is 0 Å². The van der Waals surface area contributed by atoms with Crippen LogP contribution in [0.4, 0.5) is 0 Å². The standard InChI is InChI=1S/C12H16ClN5O2/c1-12(2,3)20-8-7-19-11-16-9(13)15-10(17-11)18-6-4-5-14-18/h4-6H,7-8H2,1-3H3. The van der Waals surface area contributed by atoms with E-state index in [4.69, 9.17) is 21.1 Å². The number of ether oxygens (including phenoxy) is 2. The van der Waals surface area contributed by atoms with Gasteiger partial charge in [0.25, 0.3) is 5.95 Å². The Morgan fingerprint density at radius 3 is 2.65 bits per heavy atom. The third-order valence-electron chi connectivity index (χ3n) is 2.13. The highest BCUT2D eigenvalue weighted by Crippen LogP contribution is 2.11. The fourth-order valence-corrected chi connectivity index (χ4v) is 1.50. The average Bonchev–Trinajstić information content (AvgIpc) is 2.86. The molecule has 108 valence electrons. The molecule has 0 saturated heterocycles. The second-order valence-electron chi connectivity index (χ2n) is 4.95. The van der Waals surface area contributed by atoms with Crippen LogP contribution in [0.1, 0.15) is 20.8 Å². The largest absolute Gasteiger partial charge is 0.461 e. The molecule has 0 aliphatic rings. The Hall–Kier alpha value is -1.73. The van der Waals surface area contributed by atoms with Gasteiger partial charge in [0.05, 0.1) is 12.2 Å².